The lowest BCUT2D eigenvalue weighted by atomic mass is 9.97. The van der Waals surface area contributed by atoms with Gasteiger partial charge in [0, 0.05) is 37.1 Å². The van der Waals surface area contributed by atoms with E-state index < -0.39 is 0 Å². The number of benzene rings is 2. The molecule has 2 aromatic carbocycles. The maximum atomic E-state index is 13.2. The molecule has 0 saturated carbocycles. The van der Waals surface area contributed by atoms with Crippen molar-refractivity contribution in [3.63, 3.8) is 0 Å². The molecule has 3 aromatic rings. The molecule has 0 radical (unpaired) electrons. The third kappa shape index (κ3) is 5.37. The van der Waals surface area contributed by atoms with Crippen LogP contribution in [-0.2, 0) is 12.8 Å². The van der Waals surface area contributed by atoms with E-state index in [0.717, 1.165) is 36.8 Å². The van der Waals surface area contributed by atoms with E-state index in [2.05, 4.69) is 28.5 Å². The monoisotopic (exact) mass is 413 g/mol. The summed E-state index contributed by atoms with van der Waals surface area (Å²) < 4.78 is 0. The molecule has 0 unspecified atom stereocenters. The second kappa shape index (κ2) is 10.0. The van der Waals surface area contributed by atoms with Gasteiger partial charge in [0.05, 0.1) is 5.56 Å². The molecule has 31 heavy (non-hydrogen) atoms. The summed E-state index contributed by atoms with van der Waals surface area (Å²) in [6, 6.07) is 21.8. The van der Waals surface area contributed by atoms with E-state index in [1.807, 2.05) is 41.3 Å². The molecule has 2 amide bonds. The Morgan fingerprint density at radius 3 is 2.39 bits per heavy atom. The quantitative estimate of drug-likeness (QED) is 0.667. The van der Waals surface area contributed by atoms with Gasteiger partial charge >= 0.3 is 0 Å². The van der Waals surface area contributed by atoms with E-state index in [4.69, 9.17) is 0 Å². The predicted molar refractivity (Wildman–Crippen MR) is 121 cm³/mol. The number of piperidine rings is 1. The number of likely N-dealkylation sites (tertiary alicyclic amines) is 1. The van der Waals surface area contributed by atoms with Crippen LogP contribution in [0, 0.1) is 0 Å². The van der Waals surface area contributed by atoms with Crippen LogP contribution in [0.2, 0.25) is 0 Å². The number of nitrogens with one attached hydrogen (secondary N) is 1. The van der Waals surface area contributed by atoms with Crippen molar-refractivity contribution in [1.29, 1.82) is 0 Å². The van der Waals surface area contributed by atoms with Crippen LogP contribution in [0.4, 0.5) is 0 Å². The fraction of sp³-hybridized carbons (Fsp3) is 0.269. The van der Waals surface area contributed by atoms with E-state index in [1.165, 1.54) is 5.56 Å². The molecule has 0 aliphatic carbocycles. The Hall–Kier alpha value is -3.47. The molecule has 1 aliphatic rings. The minimum Gasteiger partial charge on any atom is -0.349 e. The van der Waals surface area contributed by atoms with Crippen molar-refractivity contribution in [3.8, 4) is 0 Å². The summed E-state index contributed by atoms with van der Waals surface area (Å²) in [7, 11) is 0. The van der Waals surface area contributed by atoms with Crippen molar-refractivity contribution >= 4 is 11.8 Å². The van der Waals surface area contributed by atoms with Crippen LogP contribution < -0.4 is 5.32 Å². The number of hydrogen-bond acceptors (Lipinski definition) is 3. The Kier molecular flexibility index (Phi) is 6.72. The number of aryl methyl sites for hydroxylation is 2. The van der Waals surface area contributed by atoms with Crippen LogP contribution in [0.15, 0.2) is 79.1 Å². The zero-order valence-electron chi connectivity index (χ0n) is 17.5. The summed E-state index contributed by atoms with van der Waals surface area (Å²) in [6.45, 7) is 1.29. The van der Waals surface area contributed by atoms with E-state index in [0.29, 0.717) is 18.7 Å². The molecule has 1 fully saturated rings. The standard InChI is InChI=1S/C26H27N3O2/c30-25(22-10-6-16-27-19-22)28-23-14-17-29(18-15-23)26(31)24-11-5-4-9-21(24)13-12-20-7-2-1-3-8-20/h1-11,16,19,23H,12-15,17-18H2,(H,28,30). The van der Waals surface area contributed by atoms with Gasteiger partial charge in [-0.05, 0) is 55.0 Å². The van der Waals surface area contributed by atoms with E-state index in [-0.39, 0.29) is 17.9 Å². The zero-order chi connectivity index (χ0) is 21.5. The minimum absolute atomic E-state index is 0.0741. The number of aromatic nitrogens is 1. The van der Waals surface area contributed by atoms with Gasteiger partial charge in [-0.2, -0.15) is 0 Å². The third-order valence-corrected chi connectivity index (χ3v) is 5.81. The third-order valence-electron chi connectivity index (χ3n) is 5.81. The molecule has 0 bridgehead atoms. The average Bonchev–Trinajstić information content (AvgIpc) is 2.84. The molecular formula is C26H27N3O2. The van der Waals surface area contributed by atoms with Crippen molar-refractivity contribution in [2.75, 3.05) is 13.1 Å². The summed E-state index contributed by atoms with van der Waals surface area (Å²) >= 11 is 0. The number of hydrogen-bond donors (Lipinski definition) is 1. The second-order valence-electron chi connectivity index (χ2n) is 7.92. The Morgan fingerprint density at radius 1 is 0.903 bits per heavy atom. The van der Waals surface area contributed by atoms with Crippen molar-refractivity contribution < 1.29 is 9.59 Å². The SMILES string of the molecule is O=C(NC1CCN(C(=O)c2ccccc2CCc2ccccc2)CC1)c1cccnc1. The summed E-state index contributed by atoms with van der Waals surface area (Å²) in [5, 5.41) is 3.07. The van der Waals surface area contributed by atoms with Gasteiger partial charge in [0.15, 0.2) is 0 Å². The van der Waals surface area contributed by atoms with Crippen LogP contribution in [0.25, 0.3) is 0 Å². The van der Waals surface area contributed by atoms with Crippen LogP contribution in [-0.4, -0.2) is 40.8 Å². The van der Waals surface area contributed by atoms with Gasteiger partial charge < -0.3 is 10.2 Å². The molecule has 0 spiro atoms. The Labute approximate surface area is 183 Å². The number of pyridine rings is 1. The van der Waals surface area contributed by atoms with Crippen LogP contribution in [0.3, 0.4) is 0 Å². The first-order chi connectivity index (χ1) is 15.2. The highest BCUT2D eigenvalue weighted by Gasteiger charge is 2.26. The number of carbonyl (C=O) groups excluding carboxylic acids is 2. The number of carbonyl (C=O) groups is 2. The highest BCUT2D eigenvalue weighted by atomic mass is 16.2. The van der Waals surface area contributed by atoms with Gasteiger partial charge in [-0.25, -0.2) is 0 Å². The summed E-state index contributed by atoms with van der Waals surface area (Å²) in [4.78, 5) is 31.5. The maximum Gasteiger partial charge on any atom is 0.254 e. The Bertz CT molecular complexity index is 1010. The minimum atomic E-state index is -0.107. The van der Waals surface area contributed by atoms with Gasteiger partial charge in [-0.15, -0.1) is 0 Å². The molecule has 1 aliphatic heterocycles. The van der Waals surface area contributed by atoms with E-state index >= 15 is 0 Å². The first kappa shape index (κ1) is 20.8. The van der Waals surface area contributed by atoms with Crippen LogP contribution in [0.5, 0.6) is 0 Å². The fourth-order valence-electron chi connectivity index (χ4n) is 4.03. The van der Waals surface area contributed by atoms with E-state index in [1.54, 1.807) is 24.5 Å². The summed E-state index contributed by atoms with van der Waals surface area (Å²) in [5.41, 5.74) is 3.71. The fourth-order valence-corrected chi connectivity index (χ4v) is 4.03. The van der Waals surface area contributed by atoms with Crippen LogP contribution in [0.1, 0.15) is 44.7 Å². The molecule has 2 heterocycles. The van der Waals surface area contributed by atoms with Crippen molar-refractivity contribution in [2.24, 2.45) is 0 Å². The van der Waals surface area contributed by atoms with Gasteiger partial charge in [-0.1, -0.05) is 48.5 Å². The highest BCUT2D eigenvalue weighted by molar-refractivity contribution is 5.96. The molecule has 5 nitrogen and oxygen atoms in total. The summed E-state index contributed by atoms with van der Waals surface area (Å²) in [5.74, 6) is -0.0233. The van der Waals surface area contributed by atoms with Crippen molar-refractivity contribution in [3.05, 3.63) is 101 Å². The first-order valence-corrected chi connectivity index (χ1v) is 10.8. The maximum absolute atomic E-state index is 13.2. The topological polar surface area (TPSA) is 62.3 Å². The molecule has 1 aromatic heterocycles. The molecule has 4 rings (SSSR count). The molecular weight excluding hydrogens is 386 g/mol. The highest BCUT2D eigenvalue weighted by Crippen LogP contribution is 2.19. The lowest BCUT2D eigenvalue weighted by Gasteiger charge is -2.33. The number of nitrogens with zero attached hydrogens (tertiary/aromatic N) is 2. The zero-order valence-corrected chi connectivity index (χ0v) is 17.5. The summed E-state index contributed by atoms with van der Waals surface area (Å²) in [6.07, 6.45) is 6.48. The van der Waals surface area contributed by atoms with Crippen LogP contribution >= 0.6 is 0 Å². The van der Waals surface area contributed by atoms with Gasteiger partial charge in [0.2, 0.25) is 0 Å². The first-order valence-electron chi connectivity index (χ1n) is 10.8. The van der Waals surface area contributed by atoms with Gasteiger partial charge in [0.25, 0.3) is 11.8 Å². The molecule has 5 heteroatoms. The lowest BCUT2D eigenvalue weighted by Crippen LogP contribution is -2.46. The van der Waals surface area contributed by atoms with Crippen molar-refractivity contribution in [2.45, 2.75) is 31.7 Å². The largest absolute Gasteiger partial charge is 0.349 e. The molecule has 0 atom stereocenters. The number of rotatable bonds is 6. The lowest BCUT2D eigenvalue weighted by molar-refractivity contribution is 0.0697. The predicted octanol–water partition coefficient (Wildman–Crippen LogP) is 3.90. The molecule has 158 valence electrons. The van der Waals surface area contributed by atoms with Gasteiger partial charge in [-0.3, -0.25) is 14.6 Å². The Balaban J connectivity index is 1.34. The van der Waals surface area contributed by atoms with Gasteiger partial charge in [0.1, 0.15) is 0 Å². The Morgan fingerprint density at radius 2 is 1.65 bits per heavy atom. The van der Waals surface area contributed by atoms with E-state index in [9.17, 15) is 9.59 Å². The van der Waals surface area contributed by atoms with Crippen molar-refractivity contribution in [1.82, 2.24) is 15.2 Å². The molecule has 1 saturated heterocycles. The normalized spacial score (nSPS) is 14.3. The second-order valence-corrected chi connectivity index (χ2v) is 7.92. The average molecular weight is 414 g/mol. The number of amides is 2. The smallest absolute Gasteiger partial charge is 0.254 e. The molecule has 1 N–H and O–H groups in total.